The molecule has 1 N–H and O–H groups in total. The molecule has 3 heteroatoms. The van der Waals surface area contributed by atoms with Gasteiger partial charge >= 0.3 is 0 Å². The van der Waals surface area contributed by atoms with E-state index in [1.807, 2.05) is 20.8 Å². The first-order valence-corrected chi connectivity index (χ1v) is 4.73. The highest BCUT2D eigenvalue weighted by Gasteiger charge is 2.25. The highest BCUT2D eigenvalue weighted by atomic mass is 35.5. The normalized spacial score (nSPS) is 11.4. The van der Waals surface area contributed by atoms with Crippen molar-refractivity contribution in [2.75, 3.05) is 0 Å². The van der Waals surface area contributed by atoms with E-state index >= 15 is 0 Å². The van der Waals surface area contributed by atoms with E-state index in [0.29, 0.717) is 10.6 Å². The highest BCUT2D eigenvalue weighted by Crippen LogP contribution is 2.28. The Morgan fingerprint density at radius 2 is 1.93 bits per heavy atom. The van der Waals surface area contributed by atoms with Crippen LogP contribution in [-0.2, 0) is 0 Å². The predicted octanol–water partition coefficient (Wildman–Crippen LogP) is 3.27. The topological polar surface area (TPSA) is 37.3 Å². The highest BCUT2D eigenvalue weighted by molar-refractivity contribution is 6.30. The number of carbonyl (C=O) groups is 1. The summed E-state index contributed by atoms with van der Waals surface area (Å²) in [5.74, 6) is -0.149. The van der Waals surface area contributed by atoms with Gasteiger partial charge in [0.25, 0.3) is 0 Å². The van der Waals surface area contributed by atoms with Gasteiger partial charge in [0.2, 0.25) is 0 Å². The SMILES string of the molecule is CC(C)(C)C(=O)c1ccc(Cl)cc1O. The molecule has 76 valence electrons. The number of carbonyl (C=O) groups excluding carboxylic acids is 1. The Morgan fingerprint density at radius 1 is 1.36 bits per heavy atom. The van der Waals surface area contributed by atoms with E-state index in [0.717, 1.165) is 0 Å². The van der Waals surface area contributed by atoms with Crippen molar-refractivity contribution in [3.05, 3.63) is 28.8 Å². The zero-order valence-electron chi connectivity index (χ0n) is 8.47. The molecule has 0 saturated heterocycles. The number of phenols is 1. The van der Waals surface area contributed by atoms with Gasteiger partial charge in [0.1, 0.15) is 5.75 Å². The fraction of sp³-hybridized carbons (Fsp3) is 0.364. The van der Waals surface area contributed by atoms with E-state index in [-0.39, 0.29) is 11.5 Å². The number of aromatic hydroxyl groups is 1. The number of hydrogen-bond donors (Lipinski definition) is 1. The lowest BCUT2D eigenvalue weighted by Crippen LogP contribution is -2.20. The number of hydrogen-bond acceptors (Lipinski definition) is 2. The van der Waals surface area contributed by atoms with E-state index in [1.165, 1.54) is 6.07 Å². The van der Waals surface area contributed by atoms with Crippen LogP contribution in [0.2, 0.25) is 5.02 Å². The maximum Gasteiger partial charge on any atom is 0.171 e. The molecular formula is C11H13ClO2. The van der Waals surface area contributed by atoms with Crippen LogP contribution in [0.3, 0.4) is 0 Å². The molecule has 0 atom stereocenters. The first kappa shape index (κ1) is 11.1. The van der Waals surface area contributed by atoms with Crippen molar-refractivity contribution in [2.24, 2.45) is 5.41 Å². The average Bonchev–Trinajstić information content (AvgIpc) is 2.01. The minimum Gasteiger partial charge on any atom is -0.507 e. The summed E-state index contributed by atoms with van der Waals surface area (Å²) in [4.78, 5) is 11.8. The van der Waals surface area contributed by atoms with Crippen molar-refractivity contribution in [3.63, 3.8) is 0 Å². The molecule has 0 aliphatic rings. The van der Waals surface area contributed by atoms with Crippen LogP contribution in [0.15, 0.2) is 18.2 Å². The molecule has 1 aromatic carbocycles. The standard InChI is InChI=1S/C11H13ClO2/c1-11(2,3)10(14)8-5-4-7(12)6-9(8)13/h4-6,13H,1-3H3. The number of Topliss-reactive ketones (excluding diaryl/α,β-unsaturated/α-hetero) is 1. The van der Waals surface area contributed by atoms with Crippen LogP contribution in [-0.4, -0.2) is 10.9 Å². The van der Waals surface area contributed by atoms with E-state index < -0.39 is 5.41 Å². The summed E-state index contributed by atoms with van der Waals surface area (Å²) in [5.41, 5.74) is -0.174. The Kier molecular flexibility index (Phi) is 2.86. The Labute approximate surface area is 88.5 Å². The maximum atomic E-state index is 11.8. The molecule has 1 aromatic rings. The van der Waals surface area contributed by atoms with Crippen LogP contribution < -0.4 is 0 Å². The van der Waals surface area contributed by atoms with E-state index in [9.17, 15) is 9.90 Å². The average molecular weight is 213 g/mol. The summed E-state index contributed by atoms with van der Waals surface area (Å²) >= 11 is 5.66. The van der Waals surface area contributed by atoms with Crippen molar-refractivity contribution in [1.29, 1.82) is 0 Å². The molecule has 0 bridgehead atoms. The molecule has 0 aliphatic carbocycles. The molecular weight excluding hydrogens is 200 g/mol. The summed E-state index contributed by atoms with van der Waals surface area (Å²) in [6.45, 7) is 5.43. The molecule has 0 heterocycles. The Bertz CT molecular complexity index is 364. The first-order chi connectivity index (χ1) is 6.32. The molecule has 0 unspecified atom stereocenters. The van der Waals surface area contributed by atoms with Crippen molar-refractivity contribution in [3.8, 4) is 5.75 Å². The largest absolute Gasteiger partial charge is 0.507 e. The minimum absolute atomic E-state index is 0.0579. The van der Waals surface area contributed by atoms with Gasteiger partial charge < -0.3 is 5.11 Å². The van der Waals surface area contributed by atoms with Gasteiger partial charge in [-0.15, -0.1) is 0 Å². The molecule has 14 heavy (non-hydrogen) atoms. The third-order valence-corrected chi connectivity index (χ3v) is 2.12. The summed E-state index contributed by atoms with van der Waals surface area (Å²) in [6.07, 6.45) is 0. The number of benzene rings is 1. The zero-order valence-corrected chi connectivity index (χ0v) is 9.22. The van der Waals surface area contributed by atoms with Crippen LogP contribution in [0.1, 0.15) is 31.1 Å². The number of rotatable bonds is 1. The molecule has 0 spiro atoms. The summed E-state index contributed by atoms with van der Waals surface area (Å²) < 4.78 is 0. The molecule has 2 nitrogen and oxygen atoms in total. The van der Waals surface area contributed by atoms with Crippen molar-refractivity contribution >= 4 is 17.4 Å². The molecule has 0 aliphatic heterocycles. The van der Waals surface area contributed by atoms with Gasteiger partial charge in [-0.2, -0.15) is 0 Å². The van der Waals surface area contributed by atoms with Crippen LogP contribution in [0.4, 0.5) is 0 Å². The number of ketones is 1. The van der Waals surface area contributed by atoms with Crippen LogP contribution >= 0.6 is 11.6 Å². The molecule has 0 saturated carbocycles. The van der Waals surface area contributed by atoms with Gasteiger partial charge in [-0.1, -0.05) is 32.4 Å². The van der Waals surface area contributed by atoms with E-state index in [4.69, 9.17) is 11.6 Å². The predicted molar refractivity (Wildman–Crippen MR) is 56.9 cm³/mol. The summed E-state index contributed by atoms with van der Waals surface area (Å²) in [6, 6.07) is 4.52. The number of phenolic OH excluding ortho intramolecular Hbond substituents is 1. The Balaban J connectivity index is 3.15. The summed E-state index contributed by atoms with van der Waals surface area (Å²) in [7, 11) is 0. The molecule has 1 rings (SSSR count). The summed E-state index contributed by atoms with van der Waals surface area (Å²) in [5, 5.41) is 9.94. The lowest BCUT2D eigenvalue weighted by atomic mass is 9.86. The monoisotopic (exact) mass is 212 g/mol. The third-order valence-electron chi connectivity index (χ3n) is 1.89. The van der Waals surface area contributed by atoms with Gasteiger partial charge in [-0.05, 0) is 18.2 Å². The quantitative estimate of drug-likeness (QED) is 0.726. The minimum atomic E-state index is -0.495. The fourth-order valence-electron chi connectivity index (χ4n) is 1.10. The van der Waals surface area contributed by atoms with Crippen molar-refractivity contribution < 1.29 is 9.90 Å². The second-order valence-corrected chi connectivity index (χ2v) is 4.68. The smallest absolute Gasteiger partial charge is 0.171 e. The molecule has 0 radical (unpaired) electrons. The number of halogens is 1. The van der Waals surface area contributed by atoms with E-state index in [2.05, 4.69) is 0 Å². The fourth-order valence-corrected chi connectivity index (χ4v) is 1.27. The van der Waals surface area contributed by atoms with E-state index in [1.54, 1.807) is 12.1 Å². The van der Waals surface area contributed by atoms with Gasteiger partial charge in [-0.25, -0.2) is 0 Å². The van der Waals surface area contributed by atoms with Gasteiger partial charge in [-0.3, -0.25) is 4.79 Å². The van der Waals surface area contributed by atoms with Gasteiger partial charge in [0.15, 0.2) is 5.78 Å². The maximum absolute atomic E-state index is 11.8. The second kappa shape index (κ2) is 3.62. The van der Waals surface area contributed by atoms with Crippen molar-refractivity contribution in [2.45, 2.75) is 20.8 Å². The second-order valence-electron chi connectivity index (χ2n) is 4.24. The lowest BCUT2D eigenvalue weighted by Gasteiger charge is -2.17. The first-order valence-electron chi connectivity index (χ1n) is 4.35. The molecule has 0 fully saturated rings. The molecule has 0 amide bonds. The Morgan fingerprint density at radius 3 is 2.36 bits per heavy atom. The van der Waals surface area contributed by atoms with Gasteiger partial charge in [0, 0.05) is 10.4 Å². The van der Waals surface area contributed by atoms with Crippen LogP contribution in [0.5, 0.6) is 5.75 Å². The molecule has 0 aromatic heterocycles. The lowest BCUT2D eigenvalue weighted by molar-refractivity contribution is 0.0855. The van der Waals surface area contributed by atoms with Gasteiger partial charge in [0.05, 0.1) is 5.56 Å². The third kappa shape index (κ3) is 2.26. The van der Waals surface area contributed by atoms with Crippen LogP contribution in [0, 0.1) is 5.41 Å². The van der Waals surface area contributed by atoms with Crippen molar-refractivity contribution in [1.82, 2.24) is 0 Å². The van der Waals surface area contributed by atoms with Crippen LogP contribution in [0.25, 0.3) is 0 Å². The Hall–Kier alpha value is -1.02. The zero-order chi connectivity index (χ0) is 10.9.